The SMILES string of the molecule is O=C(Nc1cccc2c1N=[Se]=N2)c1ccc(Cl)c(Br)c1. The molecule has 7 heteroatoms. The standard InChI is InChI=1S/C13H7BrClN3OSe/c14-8-6-7(4-5-9(8)15)13(19)16-10-2-1-3-11-12(10)18-20-17-11/h1-6H,(H,16,19). The minimum atomic E-state index is -0.203. The Bertz CT molecular complexity index is 787. The number of hydrogen-bond acceptors (Lipinski definition) is 3. The van der Waals surface area contributed by atoms with Gasteiger partial charge in [0.2, 0.25) is 0 Å². The quantitative estimate of drug-likeness (QED) is 0.606. The Morgan fingerprint density at radius 1 is 1.25 bits per heavy atom. The molecule has 3 rings (SSSR count). The monoisotopic (exact) mass is 415 g/mol. The van der Waals surface area contributed by atoms with Crippen LogP contribution in [0.1, 0.15) is 10.4 Å². The Hall–Kier alpha value is -1.20. The molecule has 100 valence electrons. The predicted molar refractivity (Wildman–Crippen MR) is 83.5 cm³/mol. The molecule has 2 aromatic rings. The van der Waals surface area contributed by atoms with Crippen LogP contribution in [0.4, 0.5) is 17.1 Å². The van der Waals surface area contributed by atoms with Crippen LogP contribution in [-0.2, 0) is 0 Å². The number of rotatable bonds is 2. The topological polar surface area (TPSA) is 53.8 Å². The number of anilines is 1. The van der Waals surface area contributed by atoms with Crippen molar-refractivity contribution in [2.45, 2.75) is 0 Å². The van der Waals surface area contributed by atoms with E-state index < -0.39 is 0 Å². The van der Waals surface area contributed by atoms with Gasteiger partial charge in [0, 0.05) is 0 Å². The number of carbonyl (C=O) groups excluding carboxylic acids is 1. The van der Waals surface area contributed by atoms with Crippen molar-refractivity contribution in [2.24, 2.45) is 7.92 Å². The molecule has 1 aliphatic heterocycles. The molecular formula is C13H7BrClN3OSe. The van der Waals surface area contributed by atoms with E-state index in [0.29, 0.717) is 20.7 Å². The fourth-order valence-corrected chi connectivity index (χ4v) is 3.39. The van der Waals surface area contributed by atoms with Crippen molar-refractivity contribution in [2.75, 3.05) is 5.32 Å². The summed E-state index contributed by atoms with van der Waals surface area (Å²) in [6.07, 6.45) is 0. The van der Waals surface area contributed by atoms with Gasteiger partial charge in [0.05, 0.1) is 0 Å². The summed E-state index contributed by atoms with van der Waals surface area (Å²) in [7, 11) is 0. The molecule has 0 radical (unpaired) electrons. The Balaban J connectivity index is 1.88. The molecule has 0 bridgehead atoms. The van der Waals surface area contributed by atoms with E-state index in [4.69, 9.17) is 11.6 Å². The Morgan fingerprint density at radius 2 is 2.10 bits per heavy atom. The molecule has 1 N–H and O–H groups in total. The molecule has 20 heavy (non-hydrogen) atoms. The maximum atomic E-state index is 12.2. The van der Waals surface area contributed by atoms with Crippen LogP contribution in [0.25, 0.3) is 0 Å². The normalized spacial score (nSPS) is 11.9. The minimum absolute atomic E-state index is 0.119. The molecule has 2 aromatic carbocycles. The molecule has 1 aliphatic rings. The summed E-state index contributed by atoms with van der Waals surface area (Å²) in [6, 6.07) is 10.6. The van der Waals surface area contributed by atoms with E-state index in [9.17, 15) is 4.79 Å². The number of nitrogens with zero attached hydrogens (tertiary/aromatic N) is 2. The van der Waals surface area contributed by atoms with E-state index in [1.165, 1.54) is 0 Å². The van der Waals surface area contributed by atoms with E-state index in [1.807, 2.05) is 18.2 Å². The van der Waals surface area contributed by atoms with Gasteiger partial charge in [0.1, 0.15) is 0 Å². The van der Waals surface area contributed by atoms with Crippen molar-refractivity contribution in [1.29, 1.82) is 0 Å². The van der Waals surface area contributed by atoms with E-state index in [-0.39, 0.29) is 20.5 Å². The average Bonchev–Trinajstić information content (AvgIpc) is 2.91. The molecule has 1 heterocycles. The number of halogens is 2. The zero-order chi connectivity index (χ0) is 14.1. The average molecular weight is 416 g/mol. The van der Waals surface area contributed by atoms with Gasteiger partial charge >= 0.3 is 135 Å². The molecule has 0 saturated heterocycles. The van der Waals surface area contributed by atoms with Gasteiger partial charge in [-0.1, -0.05) is 0 Å². The fourth-order valence-electron chi connectivity index (χ4n) is 1.74. The molecule has 0 saturated carbocycles. The summed E-state index contributed by atoms with van der Waals surface area (Å²) >= 11 is 9.11. The Kier molecular flexibility index (Phi) is 3.89. The van der Waals surface area contributed by atoms with E-state index in [1.54, 1.807) is 18.2 Å². The second kappa shape index (κ2) is 5.66. The first-order valence-electron chi connectivity index (χ1n) is 5.63. The zero-order valence-corrected chi connectivity index (χ0v) is 14.0. The van der Waals surface area contributed by atoms with Gasteiger partial charge in [-0.3, -0.25) is 0 Å². The third kappa shape index (κ3) is 2.65. The molecule has 0 spiro atoms. The number of amides is 1. The predicted octanol–water partition coefficient (Wildman–Crippen LogP) is 4.70. The van der Waals surface area contributed by atoms with Crippen molar-refractivity contribution in [1.82, 2.24) is 0 Å². The zero-order valence-electron chi connectivity index (χ0n) is 9.93. The van der Waals surface area contributed by atoms with Crippen LogP contribution >= 0.6 is 27.5 Å². The molecule has 1 amide bonds. The number of benzene rings is 2. The van der Waals surface area contributed by atoms with Gasteiger partial charge in [0.25, 0.3) is 0 Å². The van der Waals surface area contributed by atoms with Crippen molar-refractivity contribution in [3.05, 3.63) is 51.5 Å². The summed E-state index contributed by atoms with van der Waals surface area (Å²) in [5, 5.41) is 3.43. The first-order chi connectivity index (χ1) is 9.65. The molecule has 0 aliphatic carbocycles. The summed E-state index contributed by atoms with van der Waals surface area (Å²) in [4.78, 5) is 12.2. The van der Waals surface area contributed by atoms with E-state index in [2.05, 4.69) is 29.2 Å². The molecule has 0 fully saturated rings. The van der Waals surface area contributed by atoms with Gasteiger partial charge in [-0.05, 0) is 0 Å². The van der Waals surface area contributed by atoms with Crippen molar-refractivity contribution < 1.29 is 4.79 Å². The van der Waals surface area contributed by atoms with Crippen LogP contribution in [0.3, 0.4) is 0 Å². The molecule has 0 aromatic heterocycles. The summed E-state index contributed by atoms with van der Waals surface area (Å²) in [5.41, 5.74) is 2.80. The molecule has 0 atom stereocenters. The Morgan fingerprint density at radius 3 is 2.90 bits per heavy atom. The number of fused-ring (bicyclic) bond motifs is 1. The molecule has 0 unspecified atom stereocenters. The summed E-state index contributed by atoms with van der Waals surface area (Å²) < 4.78 is 9.30. The van der Waals surface area contributed by atoms with Gasteiger partial charge in [-0.25, -0.2) is 0 Å². The number of carbonyl (C=O) groups is 1. The van der Waals surface area contributed by atoms with E-state index in [0.717, 1.165) is 11.4 Å². The second-order valence-electron chi connectivity index (χ2n) is 4.02. The first-order valence-corrected chi connectivity index (χ1v) is 8.33. The first kappa shape index (κ1) is 13.8. The van der Waals surface area contributed by atoms with Crippen molar-refractivity contribution in [3.63, 3.8) is 0 Å². The second-order valence-corrected chi connectivity index (χ2v) is 6.39. The third-order valence-corrected chi connectivity index (χ3v) is 5.07. The van der Waals surface area contributed by atoms with E-state index >= 15 is 0 Å². The van der Waals surface area contributed by atoms with Gasteiger partial charge in [-0.2, -0.15) is 0 Å². The Labute approximate surface area is 134 Å². The van der Waals surface area contributed by atoms with Crippen LogP contribution in [-0.4, -0.2) is 20.5 Å². The van der Waals surface area contributed by atoms with Crippen LogP contribution in [0, 0.1) is 0 Å². The van der Waals surface area contributed by atoms with Gasteiger partial charge in [-0.15, -0.1) is 0 Å². The van der Waals surface area contributed by atoms with Crippen LogP contribution < -0.4 is 5.32 Å². The van der Waals surface area contributed by atoms with Crippen molar-refractivity contribution >= 4 is 65.1 Å². The van der Waals surface area contributed by atoms with Crippen LogP contribution in [0.15, 0.2) is 48.8 Å². The van der Waals surface area contributed by atoms with Crippen LogP contribution in [0.5, 0.6) is 0 Å². The molecule has 4 nitrogen and oxygen atoms in total. The third-order valence-electron chi connectivity index (χ3n) is 2.72. The van der Waals surface area contributed by atoms with Crippen molar-refractivity contribution in [3.8, 4) is 0 Å². The maximum absolute atomic E-state index is 12.2. The fraction of sp³-hybridized carbons (Fsp3) is 0. The number of hydrogen-bond donors (Lipinski definition) is 1. The van der Waals surface area contributed by atoms with Crippen LogP contribution in [0.2, 0.25) is 5.02 Å². The van der Waals surface area contributed by atoms with Gasteiger partial charge < -0.3 is 0 Å². The molecular weight excluding hydrogens is 408 g/mol. The summed E-state index contributed by atoms with van der Waals surface area (Å²) in [6.45, 7) is 0. The number of nitrogens with one attached hydrogen (secondary N) is 1. The van der Waals surface area contributed by atoms with Gasteiger partial charge in [0.15, 0.2) is 0 Å². The summed E-state index contributed by atoms with van der Waals surface area (Å²) in [5.74, 6) is -0.203.